The molecule has 0 aromatic carbocycles. The van der Waals surface area contributed by atoms with Gasteiger partial charge in [-0.25, -0.2) is 9.97 Å². The minimum atomic E-state index is -0.00460. The van der Waals surface area contributed by atoms with Gasteiger partial charge in [0, 0.05) is 43.8 Å². The first-order valence-electron chi connectivity index (χ1n) is 9.12. The Morgan fingerprint density at radius 2 is 2.07 bits per heavy atom. The Kier molecular flexibility index (Phi) is 4.82. The van der Waals surface area contributed by atoms with Crippen molar-refractivity contribution in [3.63, 3.8) is 0 Å². The Labute approximate surface area is 157 Å². The number of aromatic nitrogens is 4. The molecule has 7 heteroatoms. The average Bonchev–Trinajstić information content (AvgIpc) is 3.17. The number of nitrogens with zero attached hydrogens (tertiary/aromatic N) is 5. The maximum absolute atomic E-state index is 12.8. The zero-order valence-electron chi connectivity index (χ0n) is 15.0. The number of carbonyl (C=O) groups excluding carboxylic acids is 1. The quantitative estimate of drug-likeness (QED) is 0.769. The summed E-state index contributed by atoms with van der Waals surface area (Å²) in [6, 6.07) is 9.30. The van der Waals surface area contributed by atoms with Crippen molar-refractivity contribution in [2.24, 2.45) is 0 Å². The van der Waals surface area contributed by atoms with Crippen LogP contribution in [0.1, 0.15) is 40.6 Å². The highest BCUT2D eigenvalue weighted by molar-refractivity contribution is 5.94. The normalized spacial score (nSPS) is 17.0. The number of nitrogens with two attached hydrogens (primary N) is 1. The van der Waals surface area contributed by atoms with E-state index in [9.17, 15) is 4.79 Å². The van der Waals surface area contributed by atoms with Crippen LogP contribution in [0.5, 0.6) is 0 Å². The number of rotatable bonds is 4. The second-order valence-corrected chi connectivity index (χ2v) is 6.80. The second-order valence-electron chi connectivity index (χ2n) is 6.80. The van der Waals surface area contributed by atoms with E-state index in [2.05, 4.69) is 19.5 Å². The SMILES string of the molecule is Nc1ccc(C(=O)N2CCC[C@H](c3nccn3Cc3ccccn3)C2)cn1. The first-order chi connectivity index (χ1) is 13.2. The van der Waals surface area contributed by atoms with Gasteiger partial charge in [0.15, 0.2) is 0 Å². The van der Waals surface area contributed by atoms with Crippen LogP contribution in [0, 0.1) is 0 Å². The maximum Gasteiger partial charge on any atom is 0.255 e. The lowest BCUT2D eigenvalue weighted by Crippen LogP contribution is -2.39. The summed E-state index contributed by atoms with van der Waals surface area (Å²) in [5.74, 6) is 1.63. The number of piperidine rings is 1. The molecule has 27 heavy (non-hydrogen) atoms. The molecule has 0 unspecified atom stereocenters. The number of pyridine rings is 2. The van der Waals surface area contributed by atoms with Crippen LogP contribution in [-0.4, -0.2) is 43.4 Å². The van der Waals surface area contributed by atoms with E-state index in [4.69, 9.17) is 5.73 Å². The van der Waals surface area contributed by atoms with Crippen molar-refractivity contribution in [3.8, 4) is 0 Å². The van der Waals surface area contributed by atoms with Crippen LogP contribution in [0.25, 0.3) is 0 Å². The molecular formula is C20H22N6O. The third-order valence-corrected chi connectivity index (χ3v) is 4.91. The average molecular weight is 362 g/mol. The number of carbonyl (C=O) groups is 1. The summed E-state index contributed by atoms with van der Waals surface area (Å²) in [7, 11) is 0. The molecule has 2 N–H and O–H groups in total. The van der Waals surface area contributed by atoms with Gasteiger partial charge < -0.3 is 15.2 Å². The van der Waals surface area contributed by atoms with Crippen LogP contribution in [0.4, 0.5) is 5.82 Å². The van der Waals surface area contributed by atoms with Crippen LogP contribution in [-0.2, 0) is 6.54 Å². The van der Waals surface area contributed by atoms with Crippen molar-refractivity contribution in [1.29, 1.82) is 0 Å². The smallest absolute Gasteiger partial charge is 0.255 e. The van der Waals surface area contributed by atoms with E-state index in [1.807, 2.05) is 35.5 Å². The summed E-state index contributed by atoms with van der Waals surface area (Å²) in [4.78, 5) is 27.7. The topological polar surface area (TPSA) is 89.9 Å². The molecule has 1 saturated heterocycles. The molecule has 0 radical (unpaired) electrons. The van der Waals surface area contributed by atoms with Gasteiger partial charge in [-0.05, 0) is 37.1 Å². The Balaban J connectivity index is 1.50. The summed E-state index contributed by atoms with van der Waals surface area (Å²) in [5, 5.41) is 0. The lowest BCUT2D eigenvalue weighted by atomic mass is 9.96. The van der Waals surface area contributed by atoms with Gasteiger partial charge in [0.2, 0.25) is 0 Å². The Bertz CT molecular complexity index is 906. The summed E-state index contributed by atoms with van der Waals surface area (Å²) >= 11 is 0. The van der Waals surface area contributed by atoms with E-state index in [0.717, 1.165) is 30.9 Å². The van der Waals surface area contributed by atoms with Crippen molar-refractivity contribution in [1.82, 2.24) is 24.4 Å². The van der Waals surface area contributed by atoms with Gasteiger partial charge in [0.05, 0.1) is 17.8 Å². The molecule has 1 amide bonds. The zero-order chi connectivity index (χ0) is 18.6. The lowest BCUT2D eigenvalue weighted by molar-refractivity contribution is 0.0703. The highest BCUT2D eigenvalue weighted by Crippen LogP contribution is 2.27. The number of nitrogen functional groups attached to an aromatic ring is 1. The van der Waals surface area contributed by atoms with Gasteiger partial charge >= 0.3 is 0 Å². The van der Waals surface area contributed by atoms with Crippen LogP contribution in [0.2, 0.25) is 0 Å². The summed E-state index contributed by atoms with van der Waals surface area (Å²) in [6.07, 6.45) is 9.12. The van der Waals surface area contributed by atoms with Crippen molar-refractivity contribution < 1.29 is 4.79 Å². The predicted molar refractivity (Wildman–Crippen MR) is 102 cm³/mol. The van der Waals surface area contributed by atoms with E-state index in [-0.39, 0.29) is 11.8 Å². The van der Waals surface area contributed by atoms with E-state index < -0.39 is 0 Å². The highest BCUT2D eigenvalue weighted by Gasteiger charge is 2.28. The second kappa shape index (κ2) is 7.57. The summed E-state index contributed by atoms with van der Waals surface area (Å²) < 4.78 is 2.13. The van der Waals surface area contributed by atoms with Gasteiger partial charge in [-0.2, -0.15) is 0 Å². The first kappa shape index (κ1) is 17.2. The summed E-state index contributed by atoms with van der Waals surface area (Å²) in [6.45, 7) is 2.09. The third kappa shape index (κ3) is 3.81. The molecule has 1 aliphatic heterocycles. The van der Waals surface area contributed by atoms with E-state index in [1.165, 1.54) is 0 Å². The fraction of sp³-hybridized carbons (Fsp3) is 0.300. The van der Waals surface area contributed by atoms with Gasteiger partial charge in [-0.1, -0.05) is 6.07 Å². The molecule has 0 bridgehead atoms. The molecule has 1 aliphatic rings. The monoisotopic (exact) mass is 362 g/mol. The lowest BCUT2D eigenvalue weighted by Gasteiger charge is -2.32. The predicted octanol–water partition coefficient (Wildman–Crippen LogP) is 2.32. The molecule has 0 spiro atoms. The highest BCUT2D eigenvalue weighted by atomic mass is 16.2. The van der Waals surface area contributed by atoms with Crippen molar-refractivity contribution in [3.05, 3.63) is 72.2 Å². The van der Waals surface area contributed by atoms with Crippen LogP contribution >= 0.6 is 0 Å². The van der Waals surface area contributed by atoms with E-state index in [1.54, 1.807) is 24.5 Å². The van der Waals surface area contributed by atoms with Crippen LogP contribution < -0.4 is 5.73 Å². The largest absolute Gasteiger partial charge is 0.384 e. The number of hydrogen-bond acceptors (Lipinski definition) is 5. The Morgan fingerprint density at radius 1 is 1.15 bits per heavy atom. The van der Waals surface area contributed by atoms with E-state index >= 15 is 0 Å². The molecule has 1 atom stereocenters. The van der Waals surface area contributed by atoms with E-state index in [0.29, 0.717) is 24.5 Å². The Morgan fingerprint density at radius 3 is 2.85 bits per heavy atom. The third-order valence-electron chi connectivity index (χ3n) is 4.91. The fourth-order valence-electron chi connectivity index (χ4n) is 3.57. The number of likely N-dealkylation sites (tertiary alicyclic amines) is 1. The molecule has 3 aromatic rings. The molecule has 3 aromatic heterocycles. The molecule has 4 heterocycles. The van der Waals surface area contributed by atoms with Crippen molar-refractivity contribution in [2.75, 3.05) is 18.8 Å². The molecule has 0 saturated carbocycles. The molecule has 4 rings (SSSR count). The minimum Gasteiger partial charge on any atom is -0.384 e. The van der Waals surface area contributed by atoms with Crippen molar-refractivity contribution in [2.45, 2.75) is 25.3 Å². The van der Waals surface area contributed by atoms with Crippen LogP contribution in [0.15, 0.2) is 55.1 Å². The molecule has 138 valence electrons. The molecular weight excluding hydrogens is 340 g/mol. The number of imidazole rings is 1. The maximum atomic E-state index is 12.8. The molecule has 1 fully saturated rings. The fourth-order valence-corrected chi connectivity index (χ4v) is 3.57. The van der Waals surface area contributed by atoms with Crippen LogP contribution in [0.3, 0.4) is 0 Å². The first-order valence-corrected chi connectivity index (χ1v) is 9.12. The van der Waals surface area contributed by atoms with Gasteiger partial charge in [0.1, 0.15) is 11.6 Å². The zero-order valence-corrected chi connectivity index (χ0v) is 15.0. The number of amides is 1. The standard InChI is InChI=1S/C20H22N6O/c21-18-7-6-15(12-24-18)20(27)26-10-3-4-16(13-26)19-23-9-11-25(19)14-17-5-1-2-8-22-17/h1-2,5-9,11-12,16H,3-4,10,13-14H2,(H2,21,24)/t16-/m0/s1. The summed E-state index contributed by atoms with van der Waals surface area (Å²) in [5.41, 5.74) is 7.18. The van der Waals surface area contributed by atoms with Crippen molar-refractivity contribution >= 4 is 11.7 Å². The number of anilines is 1. The van der Waals surface area contributed by atoms with Gasteiger partial charge in [0.25, 0.3) is 5.91 Å². The number of hydrogen-bond donors (Lipinski definition) is 1. The van der Waals surface area contributed by atoms with Gasteiger partial charge in [-0.3, -0.25) is 9.78 Å². The molecule has 7 nitrogen and oxygen atoms in total. The Hall–Kier alpha value is -3.22. The molecule has 0 aliphatic carbocycles. The minimum absolute atomic E-state index is 0.00460. The van der Waals surface area contributed by atoms with Gasteiger partial charge in [-0.15, -0.1) is 0 Å².